The molecule has 0 radical (unpaired) electrons. The third kappa shape index (κ3) is 2.45. The molecule has 2 heterocycles. The molecule has 0 fully saturated rings. The van der Waals surface area contributed by atoms with Gasteiger partial charge in [0.25, 0.3) is 0 Å². The van der Waals surface area contributed by atoms with Crippen LogP contribution in [0.25, 0.3) is 10.7 Å². The highest BCUT2D eigenvalue weighted by Gasteiger charge is 2.14. The number of nitrogens with zero attached hydrogens (tertiary/aromatic N) is 2. The van der Waals surface area contributed by atoms with E-state index in [4.69, 9.17) is 4.74 Å². The van der Waals surface area contributed by atoms with Crippen LogP contribution >= 0.6 is 22.7 Å². The molecule has 0 aliphatic carbocycles. The van der Waals surface area contributed by atoms with Gasteiger partial charge in [-0.3, -0.25) is 4.79 Å². The molecule has 4 nitrogen and oxygen atoms in total. The molecule has 16 heavy (non-hydrogen) atoms. The normalized spacial score (nSPS) is 10.3. The molecule has 0 spiro atoms. The summed E-state index contributed by atoms with van der Waals surface area (Å²) in [6, 6.07) is 0. The number of ether oxygens (including phenoxy) is 1. The minimum Gasteiger partial charge on any atom is -0.466 e. The van der Waals surface area contributed by atoms with Gasteiger partial charge in [0.2, 0.25) is 0 Å². The van der Waals surface area contributed by atoms with Gasteiger partial charge in [-0.15, -0.1) is 22.7 Å². The third-order valence-electron chi connectivity index (χ3n) is 1.89. The molecule has 0 unspecified atom stereocenters. The maximum Gasteiger partial charge on any atom is 0.311 e. The van der Waals surface area contributed by atoms with Crippen molar-refractivity contribution in [2.24, 2.45) is 0 Å². The summed E-state index contributed by atoms with van der Waals surface area (Å²) in [6.45, 7) is 2.20. The first-order valence-corrected chi connectivity index (χ1v) is 6.55. The van der Waals surface area contributed by atoms with Crippen molar-refractivity contribution in [3.05, 3.63) is 22.0 Å². The van der Waals surface area contributed by atoms with Crippen LogP contribution in [0.2, 0.25) is 0 Å². The fourth-order valence-electron chi connectivity index (χ4n) is 1.25. The quantitative estimate of drug-likeness (QED) is 0.786. The van der Waals surface area contributed by atoms with E-state index < -0.39 is 0 Å². The Morgan fingerprint density at radius 1 is 1.44 bits per heavy atom. The van der Waals surface area contributed by atoms with E-state index in [2.05, 4.69) is 9.97 Å². The lowest BCUT2D eigenvalue weighted by Gasteiger charge is -2.00. The number of hydrogen-bond donors (Lipinski definition) is 0. The summed E-state index contributed by atoms with van der Waals surface area (Å²) in [6.07, 6.45) is 2.00. The van der Waals surface area contributed by atoms with Crippen molar-refractivity contribution in [1.29, 1.82) is 0 Å². The van der Waals surface area contributed by atoms with Crippen molar-refractivity contribution in [2.75, 3.05) is 6.61 Å². The van der Waals surface area contributed by atoms with Crippen LogP contribution in [0.5, 0.6) is 0 Å². The average molecular weight is 254 g/mol. The Labute approximate surface area is 101 Å². The Morgan fingerprint density at radius 3 is 3.00 bits per heavy atom. The molecule has 0 N–H and O–H groups in total. The van der Waals surface area contributed by atoms with Crippen LogP contribution in [0.1, 0.15) is 11.8 Å². The molecule has 0 aliphatic rings. The van der Waals surface area contributed by atoms with Gasteiger partial charge in [0.15, 0.2) is 0 Å². The van der Waals surface area contributed by atoms with E-state index in [1.54, 1.807) is 18.6 Å². The average Bonchev–Trinajstić information content (AvgIpc) is 2.86. The SMILES string of the molecule is CCOC(=O)Cc1scnc1-c1nccs1. The molecule has 0 saturated carbocycles. The van der Waals surface area contributed by atoms with E-state index in [1.807, 2.05) is 5.38 Å². The zero-order valence-electron chi connectivity index (χ0n) is 8.67. The van der Waals surface area contributed by atoms with Crippen LogP contribution in [0.4, 0.5) is 0 Å². The second-order valence-electron chi connectivity index (χ2n) is 2.94. The number of carbonyl (C=O) groups is 1. The first-order chi connectivity index (χ1) is 7.81. The monoisotopic (exact) mass is 254 g/mol. The minimum atomic E-state index is -0.218. The highest BCUT2D eigenvalue weighted by molar-refractivity contribution is 7.14. The molecule has 0 bridgehead atoms. The lowest BCUT2D eigenvalue weighted by Crippen LogP contribution is -2.07. The van der Waals surface area contributed by atoms with Crippen molar-refractivity contribution < 1.29 is 9.53 Å². The van der Waals surface area contributed by atoms with Crippen LogP contribution in [0.3, 0.4) is 0 Å². The zero-order valence-corrected chi connectivity index (χ0v) is 10.3. The minimum absolute atomic E-state index is 0.218. The predicted molar refractivity (Wildman–Crippen MR) is 63.6 cm³/mol. The summed E-state index contributed by atoms with van der Waals surface area (Å²) in [7, 11) is 0. The molecule has 2 rings (SSSR count). The van der Waals surface area contributed by atoms with E-state index >= 15 is 0 Å². The number of rotatable bonds is 4. The molecule has 0 amide bonds. The Balaban J connectivity index is 2.17. The van der Waals surface area contributed by atoms with Gasteiger partial charge in [-0.1, -0.05) is 0 Å². The fourth-order valence-corrected chi connectivity index (χ4v) is 2.73. The summed E-state index contributed by atoms with van der Waals surface area (Å²) in [5.74, 6) is -0.218. The molecular formula is C10H10N2O2S2. The van der Waals surface area contributed by atoms with Gasteiger partial charge in [-0.25, -0.2) is 9.97 Å². The van der Waals surface area contributed by atoms with Crippen LogP contribution in [0.15, 0.2) is 17.1 Å². The van der Waals surface area contributed by atoms with Gasteiger partial charge in [-0.2, -0.15) is 0 Å². The molecule has 2 aromatic heterocycles. The van der Waals surface area contributed by atoms with Crippen molar-refractivity contribution in [3.8, 4) is 10.7 Å². The molecule has 0 atom stereocenters. The van der Waals surface area contributed by atoms with Crippen LogP contribution < -0.4 is 0 Å². The van der Waals surface area contributed by atoms with Crippen LogP contribution in [-0.2, 0) is 16.0 Å². The summed E-state index contributed by atoms with van der Waals surface area (Å²) >= 11 is 2.97. The smallest absolute Gasteiger partial charge is 0.311 e. The number of aromatic nitrogens is 2. The second kappa shape index (κ2) is 5.18. The van der Waals surface area contributed by atoms with Gasteiger partial charge >= 0.3 is 5.97 Å². The predicted octanol–water partition coefficient (Wildman–Crippen LogP) is 2.37. The highest BCUT2D eigenvalue weighted by atomic mass is 32.1. The first kappa shape index (κ1) is 11.2. The van der Waals surface area contributed by atoms with E-state index in [1.165, 1.54) is 22.7 Å². The van der Waals surface area contributed by atoms with Gasteiger partial charge < -0.3 is 4.74 Å². The lowest BCUT2D eigenvalue weighted by molar-refractivity contribution is -0.142. The summed E-state index contributed by atoms with van der Waals surface area (Å²) in [5.41, 5.74) is 2.53. The van der Waals surface area contributed by atoms with Crippen molar-refractivity contribution in [3.63, 3.8) is 0 Å². The standard InChI is InChI=1S/C10H10N2O2S2/c1-2-14-8(13)5-7-9(12-6-16-7)10-11-3-4-15-10/h3-4,6H,2,5H2,1H3. The fraction of sp³-hybridized carbons (Fsp3) is 0.300. The van der Waals surface area contributed by atoms with Gasteiger partial charge in [0.05, 0.1) is 18.5 Å². The highest BCUT2D eigenvalue weighted by Crippen LogP contribution is 2.27. The first-order valence-electron chi connectivity index (χ1n) is 4.79. The molecule has 0 aromatic carbocycles. The Kier molecular flexibility index (Phi) is 3.63. The van der Waals surface area contributed by atoms with E-state index in [0.29, 0.717) is 6.61 Å². The molecule has 0 aliphatic heterocycles. The van der Waals surface area contributed by atoms with E-state index in [0.717, 1.165) is 15.6 Å². The molecule has 84 valence electrons. The number of carbonyl (C=O) groups excluding carboxylic acids is 1. The third-order valence-corrected chi connectivity index (χ3v) is 3.50. The summed E-state index contributed by atoms with van der Waals surface area (Å²) < 4.78 is 4.91. The molecule has 2 aromatic rings. The number of thiazole rings is 2. The van der Waals surface area contributed by atoms with Crippen molar-refractivity contribution in [1.82, 2.24) is 9.97 Å². The number of esters is 1. The van der Waals surface area contributed by atoms with E-state index in [9.17, 15) is 4.79 Å². The maximum absolute atomic E-state index is 11.4. The molecule has 6 heteroatoms. The van der Waals surface area contributed by atoms with E-state index in [-0.39, 0.29) is 12.4 Å². The Bertz CT molecular complexity index is 465. The van der Waals surface area contributed by atoms with Gasteiger partial charge in [0, 0.05) is 16.5 Å². The van der Waals surface area contributed by atoms with Gasteiger partial charge in [-0.05, 0) is 6.92 Å². The largest absolute Gasteiger partial charge is 0.466 e. The topological polar surface area (TPSA) is 52.1 Å². The Hall–Kier alpha value is -1.27. The summed E-state index contributed by atoms with van der Waals surface area (Å²) in [5, 5.41) is 2.74. The maximum atomic E-state index is 11.4. The van der Waals surface area contributed by atoms with Crippen molar-refractivity contribution >= 4 is 28.6 Å². The zero-order chi connectivity index (χ0) is 11.4. The Morgan fingerprint density at radius 2 is 2.31 bits per heavy atom. The lowest BCUT2D eigenvalue weighted by atomic mass is 10.3. The number of hydrogen-bond acceptors (Lipinski definition) is 6. The summed E-state index contributed by atoms with van der Waals surface area (Å²) in [4.78, 5) is 20.7. The second-order valence-corrected chi connectivity index (χ2v) is 4.78. The van der Waals surface area contributed by atoms with Crippen molar-refractivity contribution in [2.45, 2.75) is 13.3 Å². The molecular weight excluding hydrogens is 244 g/mol. The molecule has 0 saturated heterocycles. The van der Waals surface area contributed by atoms with Crippen LogP contribution in [0, 0.1) is 0 Å². The van der Waals surface area contributed by atoms with Gasteiger partial charge in [0.1, 0.15) is 10.7 Å². The van der Waals surface area contributed by atoms with Crippen LogP contribution in [-0.4, -0.2) is 22.5 Å².